The summed E-state index contributed by atoms with van der Waals surface area (Å²) in [6.07, 6.45) is 5.25. The predicted molar refractivity (Wildman–Crippen MR) is 54.1 cm³/mol. The maximum Gasteiger partial charge on any atom is 0.167 e. The highest BCUT2D eigenvalue weighted by molar-refractivity contribution is 7.19. The Hall–Kier alpha value is -1.53. The lowest BCUT2D eigenvalue weighted by Crippen LogP contribution is -1.80. The normalized spacial score (nSPS) is 9.85. The molecule has 0 spiro atoms. The molecule has 3 heteroatoms. The fourth-order valence-corrected chi connectivity index (χ4v) is 1.90. The summed E-state index contributed by atoms with van der Waals surface area (Å²) in [6, 6.07) is 5.72. The molecule has 1 aromatic heterocycles. The monoisotopic (exact) mass is 189 g/mol. The second-order valence-corrected chi connectivity index (χ2v) is 3.53. The topological polar surface area (TPSA) is 22.1 Å². The van der Waals surface area contributed by atoms with Gasteiger partial charge in [0.2, 0.25) is 0 Å². The van der Waals surface area contributed by atoms with Gasteiger partial charge in [0, 0.05) is 0 Å². The van der Waals surface area contributed by atoms with Gasteiger partial charge in [-0.05, 0) is 24.1 Å². The Labute approximate surface area is 80.2 Å². The van der Waals surface area contributed by atoms with E-state index in [1.54, 1.807) is 7.11 Å². The molecule has 1 heterocycles. The minimum atomic E-state index is 0.711. The third-order valence-electron chi connectivity index (χ3n) is 1.72. The summed E-state index contributed by atoms with van der Waals surface area (Å²) in [6.45, 7) is 0. The van der Waals surface area contributed by atoms with E-state index in [1.165, 1.54) is 11.3 Å². The highest BCUT2D eigenvalue weighted by Crippen LogP contribution is 2.25. The van der Waals surface area contributed by atoms with Crippen molar-refractivity contribution in [2.45, 2.75) is 0 Å². The minimum absolute atomic E-state index is 0.711. The molecule has 13 heavy (non-hydrogen) atoms. The third kappa shape index (κ3) is 1.36. The predicted octanol–water partition coefficient (Wildman–Crippen LogP) is 2.29. The summed E-state index contributed by atoms with van der Waals surface area (Å²) in [4.78, 5) is 4.23. The average molecular weight is 189 g/mol. The van der Waals surface area contributed by atoms with Gasteiger partial charge in [-0.1, -0.05) is 0 Å². The number of thiazole rings is 1. The molecule has 0 aliphatic carbocycles. The van der Waals surface area contributed by atoms with Gasteiger partial charge in [0.05, 0.1) is 17.3 Å². The number of rotatable bonds is 1. The highest BCUT2D eigenvalue weighted by Gasteiger charge is 2.02. The van der Waals surface area contributed by atoms with E-state index in [0.29, 0.717) is 5.01 Å². The molecule has 0 aliphatic heterocycles. The molecule has 64 valence electrons. The summed E-state index contributed by atoms with van der Waals surface area (Å²) in [7, 11) is 1.64. The zero-order valence-corrected chi connectivity index (χ0v) is 7.89. The van der Waals surface area contributed by atoms with Crippen LogP contribution in [-0.4, -0.2) is 12.1 Å². The standard InChI is InChI=1S/C10H7NOS/c1-3-10-11-8-5-4-7(12-2)6-9(8)13-10/h1,4-6H,2H3. The van der Waals surface area contributed by atoms with Gasteiger partial charge in [-0.25, -0.2) is 4.98 Å². The number of terminal acetylenes is 1. The Morgan fingerprint density at radius 3 is 3.08 bits per heavy atom. The first kappa shape index (κ1) is 8.09. The average Bonchev–Trinajstić information content (AvgIpc) is 2.58. The number of nitrogens with zero attached hydrogens (tertiary/aromatic N) is 1. The maximum absolute atomic E-state index is 5.25. The molecule has 0 N–H and O–H groups in total. The van der Waals surface area contributed by atoms with Crippen molar-refractivity contribution in [2.24, 2.45) is 0 Å². The quantitative estimate of drug-likeness (QED) is 0.642. The molecular formula is C10H7NOS. The van der Waals surface area contributed by atoms with E-state index in [9.17, 15) is 0 Å². The summed E-state index contributed by atoms with van der Waals surface area (Å²) in [5.74, 6) is 3.35. The number of ether oxygens (including phenoxy) is 1. The minimum Gasteiger partial charge on any atom is -0.497 e. The SMILES string of the molecule is C#Cc1nc2ccc(OC)cc2s1. The molecule has 2 rings (SSSR count). The van der Waals surface area contributed by atoms with Crippen LogP contribution in [0.15, 0.2) is 18.2 Å². The number of benzene rings is 1. The fraction of sp³-hybridized carbons (Fsp3) is 0.100. The van der Waals surface area contributed by atoms with Crippen LogP contribution in [0.2, 0.25) is 0 Å². The lowest BCUT2D eigenvalue weighted by Gasteiger charge is -1.96. The van der Waals surface area contributed by atoms with Gasteiger partial charge in [0.25, 0.3) is 0 Å². The summed E-state index contributed by atoms with van der Waals surface area (Å²) < 4.78 is 6.15. The summed E-state index contributed by atoms with van der Waals surface area (Å²) in [5, 5.41) is 0.711. The van der Waals surface area contributed by atoms with Gasteiger partial charge in [-0.2, -0.15) is 0 Å². The lowest BCUT2D eigenvalue weighted by atomic mass is 10.3. The van der Waals surface area contributed by atoms with Crippen LogP contribution >= 0.6 is 11.3 Å². The van der Waals surface area contributed by atoms with Gasteiger partial charge in [0.15, 0.2) is 5.01 Å². The molecule has 0 amide bonds. The van der Waals surface area contributed by atoms with E-state index in [-0.39, 0.29) is 0 Å². The van der Waals surface area contributed by atoms with Crippen LogP contribution in [0.1, 0.15) is 5.01 Å². The van der Waals surface area contributed by atoms with Crippen LogP contribution in [-0.2, 0) is 0 Å². The van der Waals surface area contributed by atoms with E-state index < -0.39 is 0 Å². The van der Waals surface area contributed by atoms with Crippen molar-refractivity contribution in [3.8, 4) is 18.1 Å². The highest BCUT2D eigenvalue weighted by atomic mass is 32.1. The van der Waals surface area contributed by atoms with Gasteiger partial charge in [-0.15, -0.1) is 17.8 Å². The Balaban J connectivity index is 2.65. The number of aromatic nitrogens is 1. The van der Waals surface area contributed by atoms with E-state index in [4.69, 9.17) is 11.2 Å². The first-order valence-corrected chi connectivity index (χ1v) is 4.56. The number of methoxy groups -OCH3 is 1. The molecule has 1 aromatic carbocycles. The molecule has 0 bridgehead atoms. The van der Waals surface area contributed by atoms with E-state index >= 15 is 0 Å². The van der Waals surface area contributed by atoms with Crippen LogP contribution < -0.4 is 4.74 Å². The Morgan fingerprint density at radius 2 is 2.38 bits per heavy atom. The van der Waals surface area contributed by atoms with Crippen molar-refractivity contribution in [1.29, 1.82) is 0 Å². The molecule has 0 aliphatic rings. The zero-order valence-electron chi connectivity index (χ0n) is 7.07. The second kappa shape index (κ2) is 3.08. The van der Waals surface area contributed by atoms with Crippen LogP contribution in [0.3, 0.4) is 0 Å². The smallest absolute Gasteiger partial charge is 0.167 e. The zero-order chi connectivity index (χ0) is 9.26. The van der Waals surface area contributed by atoms with Crippen LogP contribution in [0.4, 0.5) is 0 Å². The van der Waals surface area contributed by atoms with Gasteiger partial charge < -0.3 is 4.74 Å². The van der Waals surface area contributed by atoms with Gasteiger partial charge >= 0.3 is 0 Å². The largest absolute Gasteiger partial charge is 0.497 e. The van der Waals surface area contributed by atoms with Crippen molar-refractivity contribution in [1.82, 2.24) is 4.98 Å². The number of hydrogen-bond acceptors (Lipinski definition) is 3. The molecule has 0 unspecified atom stereocenters. The van der Waals surface area contributed by atoms with E-state index in [1.807, 2.05) is 18.2 Å². The molecule has 2 nitrogen and oxygen atoms in total. The van der Waals surface area contributed by atoms with Crippen LogP contribution in [0.5, 0.6) is 5.75 Å². The van der Waals surface area contributed by atoms with Crippen molar-refractivity contribution in [2.75, 3.05) is 7.11 Å². The lowest BCUT2D eigenvalue weighted by molar-refractivity contribution is 0.415. The van der Waals surface area contributed by atoms with Crippen molar-refractivity contribution in [3.63, 3.8) is 0 Å². The van der Waals surface area contributed by atoms with E-state index in [2.05, 4.69) is 10.9 Å². The molecule has 0 atom stereocenters. The molecule has 0 radical (unpaired) electrons. The third-order valence-corrected chi connectivity index (χ3v) is 2.67. The molecule has 0 saturated carbocycles. The van der Waals surface area contributed by atoms with Crippen molar-refractivity contribution < 1.29 is 4.74 Å². The summed E-state index contributed by atoms with van der Waals surface area (Å²) >= 11 is 1.50. The first-order valence-electron chi connectivity index (χ1n) is 3.74. The number of hydrogen-bond donors (Lipinski definition) is 0. The number of fused-ring (bicyclic) bond motifs is 1. The van der Waals surface area contributed by atoms with Crippen LogP contribution in [0, 0.1) is 12.3 Å². The fourth-order valence-electron chi connectivity index (χ4n) is 1.09. The Morgan fingerprint density at radius 1 is 1.54 bits per heavy atom. The Bertz CT molecular complexity index is 481. The Kier molecular flexibility index (Phi) is 1.91. The van der Waals surface area contributed by atoms with Gasteiger partial charge in [0.1, 0.15) is 5.75 Å². The second-order valence-electron chi connectivity index (χ2n) is 2.50. The van der Waals surface area contributed by atoms with Crippen LogP contribution in [0.25, 0.3) is 10.2 Å². The molecular weight excluding hydrogens is 182 g/mol. The van der Waals surface area contributed by atoms with Crippen molar-refractivity contribution in [3.05, 3.63) is 23.2 Å². The van der Waals surface area contributed by atoms with Crippen molar-refractivity contribution >= 4 is 21.6 Å². The molecule has 2 aromatic rings. The summed E-state index contributed by atoms with van der Waals surface area (Å²) in [5.41, 5.74) is 0.929. The molecule has 0 saturated heterocycles. The first-order chi connectivity index (χ1) is 6.33. The maximum atomic E-state index is 5.25. The van der Waals surface area contributed by atoms with Gasteiger partial charge in [-0.3, -0.25) is 0 Å². The van der Waals surface area contributed by atoms with E-state index in [0.717, 1.165) is 16.0 Å². The molecule has 0 fully saturated rings.